The molecule has 0 aromatic rings. The van der Waals surface area contributed by atoms with Crippen LogP contribution in [0.4, 0.5) is 0 Å². The molecule has 0 saturated carbocycles. The second-order valence-electron chi connectivity index (χ2n) is 3.02. The average molecular weight is 246 g/mol. The van der Waals surface area contributed by atoms with Gasteiger partial charge in [-0.2, -0.15) is 0 Å². The third-order valence-electron chi connectivity index (χ3n) is 2.35. The predicted molar refractivity (Wildman–Crippen MR) is 52.4 cm³/mol. The lowest BCUT2D eigenvalue weighted by Crippen LogP contribution is -2.01. The Morgan fingerprint density at radius 1 is 1.30 bits per heavy atom. The van der Waals surface area contributed by atoms with Crippen molar-refractivity contribution in [3.05, 3.63) is 23.3 Å². The number of hydrogen-bond acceptors (Lipinski definition) is 0. The molecular weight excluding hydrogens is 235 g/mol. The summed E-state index contributed by atoms with van der Waals surface area (Å²) in [6, 6.07) is 0. The van der Waals surface area contributed by atoms with Crippen molar-refractivity contribution in [3.8, 4) is 0 Å². The fourth-order valence-electron chi connectivity index (χ4n) is 1.77. The third-order valence-corrected chi connectivity index (χ3v) is 3.52. The van der Waals surface area contributed by atoms with E-state index in [1.165, 1.54) is 25.7 Å². The van der Waals surface area contributed by atoms with E-state index in [2.05, 4.69) is 34.7 Å². The van der Waals surface area contributed by atoms with Crippen LogP contribution in [0.5, 0.6) is 0 Å². The largest absolute Gasteiger partial charge is 0.0732 e. The fraction of sp³-hybridized carbons (Fsp3) is 0.556. The second kappa shape index (κ2) is 2.68. The van der Waals surface area contributed by atoms with E-state index in [-0.39, 0.29) is 0 Å². The molecule has 10 heavy (non-hydrogen) atoms. The molecule has 1 heteroatoms. The fourth-order valence-corrected chi connectivity index (χ4v) is 2.69. The summed E-state index contributed by atoms with van der Waals surface area (Å²) in [6.07, 6.45) is 10.2. The van der Waals surface area contributed by atoms with Gasteiger partial charge in [0.1, 0.15) is 0 Å². The molecule has 0 aromatic carbocycles. The molecular formula is C9H11I. The van der Waals surface area contributed by atoms with Crippen LogP contribution >= 0.6 is 22.6 Å². The molecule has 0 aliphatic heterocycles. The molecule has 0 fully saturated rings. The average Bonchev–Trinajstić information content (AvgIpc) is 2.34. The van der Waals surface area contributed by atoms with E-state index in [1.54, 1.807) is 11.1 Å². The highest BCUT2D eigenvalue weighted by Gasteiger charge is 2.19. The summed E-state index contributed by atoms with van der Waals surface area (Å²) in [6.45, 7) is 0. The van der Waals surface area contributed by atoms with Crippen molar-refractivity contribution in [2.45, 2.75) is 29.6 Å². The van der Waals surface area contributed by atoms with Crippen molar-refractivity contribution < 1.29 is 0 Å². The Labute approximate surface area is 75.5 Å². The van der Waals surface area contributed by atoms with Crippen LogP contribution in [-0.4, -0.2) is 3.92 Å². The third kappa shape index (κ3) is 1.04. The summed E-state index contributed by atoms with van der Waals surface area (Å²) in [4.78, 5) is 0. The van der Waals surface area contributed by atoms with Gasteiger partial charge in [0.25, 0.3) is 0 Å². The van der Waals surface area contributed by atoms with Gasteiger partial charge in [-0.15, -0.1) is 0 Å². The van der Waals surface area contributed by atoms with Gasteiger partial charge < -0.3 is 0 Å². The van der Waals surface area contributed by atoms with Crippen LogP contribution in [-0.2, 0) is 0 Å². The van der Waals surface area contributed by atoms with Crippen LogP contribution in [0.1, 0.15) is 25.7 Å². The molecule has 0 nitrogen and oxygen atoms in total. The van der Waals surface area contributed by atoms with E-state index in [9.17, 15) is 0 Å². The van der Waals surface area contributed by atoms with Gasteiger partial charge in [0.2, 0.25) is 0 Å². The van der Waals surface area contributed by atoms with Crippen molar-refractivity contribution in [2.24, 2.45) is 0 Å². The Kier molecular flexibility index (Phi) is 1.85. The molecule has 0 radical (unpaired) electrons. The molecule has 2 aliphatic rings. The summed E-state index contributed by atoms with van der Waals surface area (Å²) in [5.41, 5.74) is 3.36. The van der Waals surface area contributed by atoms with Crippen LogP contribution in [0.15, 0.2) is 23.3 Å². The van der Waals surface area contributed by atoms with Crippen molar-refractivity contribution in [1.82, 2.24) is 0 Å². The number of alkyl halides is 1. The van der Waals surface area contributed by atoms with E-state index >= 15 is 0 Å². The summed E-state index contributed by atoms with van der Waals surface area (Å²) in [7, 11) is 0. The molecule has 0 N–H and O–H groups in total. The zero-order valence-corrected chi connectivity index (χ0v) is 8.10. The number of allylic oxidation sites excluding steroid dienone is 4. The maximum atomic E-state index is 2.52. The number of halogens is 1. The zero-order chi connectivity index (χ0) is 6.97. The van der Waals surface area contributed by atoms with Crippen LogP contribution in [0.3, 0.4) is 0 Å². The minimum atomic E-state index is 0.730. The lowest BCUT2D eigenvalue weighted by Gasteiger charge is -2.15. The minimum Gasteiger partial charge on any atom is -0.0732 e. The van der Waals surface area contributed by atoms with Crippen molar-refractivity contribution in [3.63, 3.8) is 0 Å². The normalized spacial score (nSPS) is 31.1. The van der Waals surface area contributed by atoms with Gasteiger partial charge in [-0.3, -0.25) is 0 Å². The van der Waals surface area contributed by atoms with Crippen LogP contribution in [0.25, 0.3) is 0 Å². The first-order valence-corrected chi connectivity index (χ1v) is 5.16. The quantitative estimate of drug-likeness (QED) is 0.454. The molecule has 0 heterocycles. The molecule has 0 bridgehead atoms. The zero-order valence-electron chi connectivity index (χ0n) is 5.94. The topological polar surface area (TPSA) is 0 Å². The van der Waals surface area contributed by atoms with Gasteiger partial charge in [-0.05, 0) is 31.3 Å². The molecule has 0 aromatic heterocycles. The first kappa shape index (κ1) is 6.89. The Hall–Kier alpha value is 0.210. The molecule has 1 atom stereocenters. The van der Waals surface area contributed by atoms with E-state index in [0.717, 1.165) is 3.92 Å². The summed E-state index contributed by atoms with van der Waals surface area (Å²) >= 11 is 2.52. The van der Waals surface area contributed by atoms with E-state index < -0.39 is 0 Å². The van der Waals surface area contributed by atoms with Gasteiger partial charge in [-0.1, -0.05) is 40.3 Å². The molecule has 1 unspecified atom stereocenters. The molecule has 2 aliphatic carbocycles. The molecule has 54 valence electrons. The minimum absolute atomic E-state index is 0.730. The van der Waals surface area contributed by atoms with Crippen molar-refractivity contribution in [2.75, 3.05) is 0 Å². The van der Waals surface area contributed by atoms with E-state index in [0.29, 0.717) is 0 Å². The molecule has 0 saturated heterocycles. The van der Waals surface area contributed by atoms with E-state index in [1.807, 2.05) is 0 Å². The van der Waals surface area contributed by atoms with Gasteiger partial charge in [0.15, 0.2) is 0 Å². The predicted octanol–water partition coefficient (Wildman–Crippen LogP) is 3.23. The first-order chi connectivity index (χ1) is 4.88. The van der Waals surface area contributed by atoms with Crippen LogP contribution in [0.2, 0.25) is 0 Å². The molecule has 0 amide bonds. The number of rotatable bonds is 0. The SMILES string of the molecule is IC1C=CC2=C1CCCC2. The van der Waals surface area contributed by atoms with Crippen LogP contribution < -0.4 is 0 Å². The van der Waals surface area contributed by atoms with Gasteiger partial charge >= 0.3 is 0 Å². The van der Waals surface area contributed by atoms with Gasteiger partial charge in [0, 0.05) is 0 Å². The lowest BCUT2D eigenvalue weighted by molar-refractivity contribution is 0.685. The second-order valence-corrected chi connectivity index (χ2v) is 4.36. The first-order valence-electron chi connectivity index (χ1n) is 3.92. The molecule has 2 rings (SSSR count). The van der Waals surface area contributed by atoms with Gasteiger partial charge in [0.05, 0.1) is 3.92 Å². The van der Waals surface area contributed by atoms with Crippen molar-refractivity contribution in [1.29, 1.82) is 0 Å². The highest BCUT2D eigenvalue weighted by Crippen LogP contribution is 2.35. The van der Waals surface area contributed by atoms with E-state index in [4.69, 9.17) is 0 Å². The van der Waals surface area contributed by atoms with Crippen LogP contribution in [0, 0.1) is 0 Å². The lowest BCUT2D eigenvalue weighted by atomic mass is 9.94. The Morgan fingerprint density at radius 2 is 2.10 bits per heavy atom. The van der Waals surface area contributed by atoms with Crippen molar-refractivity contribution >= 4 is 22.6 Å². The maximum Gasteiger partial charge on any atom is 0.0507 e. The highest BCUT2D eigenvalue weighted by atomic mass is 127. The Morgan fingerprint density at radius 3 is 2.90 bits per heavy atom. The Bertz CT molecular complexity index is 201. The van der Waals surface area contributed by atoms with Gasteiger partial charge in [-0.25, -0.2) is 0 Å². The molecule has 0 spiro atoms. The monoisotopic (exact) mass is 246 g/mol. The number of hydrogen-bond donors (Lipinski definition) is 0. The Balaban J connectivity index is 2.27. The summed E-state index contributed by atoms with van der Waals surface area (Å²) < 4.78 is 0.730. The maximum absolute atomic E-state index is 2.52. The summed E-state index contributed by atoms with van der Waals surface area (Å²) in [5.74, 6) is 0. The smallest absolute Gasteiger partial charge is 0.0507 e. The standard InChI is InChI=1S/C9H11I/c10-9-6-5-7-3-1-2-4-8(7)9/h5-6,9H,1-4H2. The highest BCUT2D eigenvalue weighted by molar-refractivity contribution is 14.1. The summed E-state index contributed by atoms with van der Waals surface area (Å²) in [5, 5.41) is 0.